The van der Waals surface area contributed by atoms with Crippen LogP contribution >= 0.6 is 0 Å². The summed E-state index contributed by atoms with van der Waals surface area (Å²) in [6.45, 7) is 3.26. The molecule has 6 heteroatoms. The van der Waals surface area contributed by atoms with E-state index in [4.69, 9.17) is 9.47 Å². The molecule has 3 aromatic carbocycles. The van der Waals surface area contributed by atoms with Crippen molar-refractivity contribution >= 4 is 11.8 Å². The highest BCUT2D eigenvalue weighted by Crippen LogP contribution is 2.40. The van der Waals surface area contributed by atoms with Crippen LogP contribution in [0, 0.1) is 12.8 Å². The third kappa shape index (κ3) is 5.32. The van der Waals surface area contributed by atoms with Crippen molar-refractivity contribution < 1.29 is 19.1 Å². The van der Waals surface area contributed by atoms with Gasteiger partial charge in [0.05, 0.1) is 20.1 Å². The zero-order chi connectivity index (χ0) is 24.9. The summed E-state index contributed by atoms with van der Waals surface area (Å²) in [5.74, 6) is 0.678. The Morgan fingerprint density at radius 3 is 2.31 bits per heavy atom. The highest BCUT2D eigenvalue weighted by Gasteiger charge is 2.43. The van der Waals surface area contributed by atoms with Crippen LogP contribution in [0.4, 0.5) is 0 Å². The number of benzene rings is 3. The van der Waals surface area contributed by atoms with Gasteiger partial charge in [-0.25, -0.2) is 0 Å². The highest BCUT2D eigenvalue weighted by molar-refractivity contribution is 5.95. The van der Waals surface area contributed by atoms with Gasteiger partial charge in [0.15, 0.2) is 0 Å². The average Bonchev–Trinajstić information content (AvgIpc) is 3.33. The maximum absolute atomic E-state index is 13.8. The number of aryl methyl sites for hydroxylation is 1. The molecule has 6 nitrogen and oxygen atoms in total. The molecule has 35 heavy (non-hydrogen) atoms. The second-order valence-electron chi connectivity index (χ2n) is 9.08. The second-order valence-corrected chi connectivity index (χ2v) is 9.08. The van der Waals surface area contributed by atoms with Crippen molar-refractivity contribution in [1.29, 1.82) is 0 Å². The van der Waals surface area contributed by atoms with Crippen molar-refractivity contribution in [3.05, 3.63) is 95.1 Å². The van der Waals surface area contributed by atoms with Crippen molar-refractivity contribution in [2.45, 2.75) is 19.4 Å². The summed E-state index contributed by atoms with van der Waals surface area (Å²) in [5, 5.41) is 0. The minimum Gasteiger partial charge on any atom is -0.497 e. The van der Waals surface area contributed by atoms with Crippen molar-refractivity contribution in [1.82, 2.24) is 9.80 Å². The Labute approximate surface area is 207 Å². The molecule has 3 aromatic rings. The summed E-state index contributed by atoms with van der Waals surface area (Å²) < 4.78 is 11.1. The molecule has 1 saturated heterocycles. The smallest absolute Gasteiger partial charge is 0.253 e. The van der Waals surface area contributed by atoms with Crippen LogP contribution in [-0.4, -0.2) is 56.0 Å². The van der Waals surface area contributed by atoms with Gasteiger partial charge in [-0.15, -0.1) is 0 Å². The number of hydrogen-bond acceptors (Lipinski definition) is 4. The van der Waals surface area contributed by atoms with Gasteiger partial charge in [0.25, 0.3) is 5.91 Å². The van der Waals surface area contributed by atoms with Gasteiger partial charge in [0.2, 0.25) is 5.91 Å². The number of ether oxygens (including phenoxy) is 2. The second kappa shape index (κ2) is 10.6. The molecule has 182 valence electrons. The predicted octanol–water partition coefficient (Wildman–Crippen LogP) is 4.53. The van der Waals surface area contributed by atoms with E-state index >= 15 is 0 Å². The van der Waals surface area contributed by atoms with Crippen LogP contribution in [0.15, 0.2) is 72.8 Å². The van der Waals surface area contributed by atoms with Crippen LogP contribution in [0.3, 0.4) is 0 Å². The molecule has 0 radical (unpaired) electrons. The molecule has 0 aromatic heterocycles. The Morgan fingerprint density at radius 2 is 1.66 bits per heavy atom. The SMILES string of the molecule is COc1ccc(OC)c([C@H]2CN(C(=O)c3ccc(C)cc3)C[C@H]2C(=O)N(C)Cc2ccccc2)c1. The molecule has 1 aliphatic heterocycles. The monoisotopic (exact) mass is 472 g/mol. The number of likely N-dealkylation sites (tertiary alicyclic amines) is 1. The third-order valence-corrected chi connectivity index (χ3v) is 6.70. The summed E-state index contributed by atoms with van der Waals surface area (Å²) in [4.78, 5) is 30.7. The summed E-state index contributed by atoms with van der Waals surface area (Å²) in [7, 11) is 5.05. The number of carbonyl (C=O) groups excluding carboxylic acids is 2. The fraction of sp³-hybridized carbons (Fsp3) is 0.310. The normalized spacial score (nSPS) is 17.2. The van der Waals surface area contributed by atoms with Gasteiger partial charge in [-0.1, -0.05) is 48.0 Å². The minimum atomic E-state index is -0.404. The van der Waals surface area contributed by atoms with E-state index in [1.165, 1.54) is 0 Å². The summed E-state index contributed by atoms with van der Waals surface area (Å²) >= 11 is 0. The number of hydrogen-bond donors (Lipinski definition) is 0. The Bertz CT molecular complexity index is 1180. The van der Waals surface area contributed by atoms with E-state index in [0.717, 1.165) is 16.7 Å². The number of amides is 2. The van der Waals surface area contributed by atoms with Gasteiger partial charge < -0.3 is 19.3 Å². The molecule has 1 heterocycles. The summed E-state index contributed by atoms with van der Waals surface area (Å²) in [5.41, 5.74) is 3.65. The van der Waals surface area contributed by atoms with Gasteiger partial charge in [0, 0.05) is 43.7 Å². The molecule has 1 aliphatic rings. The molecule has 4 rings (SSSR count). The van der Waals surface area contributed by atoms with Crippen LogP contribution in [0.2, 0.25) is 0 Å². The number of methoxy groups -OCH3 is 2. The van der Waals surface area contributed by atoms with E-state index < -0.39 is 5.92 Å². The van der Waals surface area contributed by atoms with Crippen molar-refractivity contribution in [3.8, 4) is 11.5 Å². The van der Waals surface area contributed by atoms with Crippen LogP contribution < -0.4 is 9.47 Å². The van der Waals surface area contributed by atoms with Crippen LogP contribution in [0.1, 0.15) is 33.0 Å². The van der Waals surface area contributed by atoms with Gasteiger partial charge in [-0.05, 0) is 42.8 Å². The number of nitrogens with zero attached hydrogens (tertiary/aromatic N) is 2. The number of carbonyl (C=O) groups is 2. The average molecular weight is 473 g/mol. The molecule has 0 aliphatic carbocycles. The molecule has 2 amide bonds. The molecule has 0 saturated carbocycles. The van der Waals surface area contributed by atoms with Gasteiger partial charge >= 0.3 is 0 Å². The van der Waals surface area contributed by atoms with E-state index in [1.807, 2.05) is 86.8 Å². The van der Waals surface area contributed by atoms with E-state index in [-0.39, 0.29) is 17.7 Å². The van der Waals surface area contributed by atoms with E-state index in [0.29, 0.717) is 36.7 Å². The van der Waals surface area contributed by atoms with Crippen molar-refractivity contribution in [2.75, 3.05) is 34.4 Å². The zero-order valence-corrected chi connectivity index (χ0v) is 20.7. The maximum Gasteiger partial charge on any atom is 0.253 e. The number of rotatable bonds is 7. The highest BCUT2D eigenvalue weighted by atomic mass is 16.5. The van der Waals surface area contributed by atoms with Crippen LogP contribution in [-0.2, 0) is 11.3 Å². The first kappa shape index (κ1) is 24.3. The van der Waals surface area contributed by atoms with E-state index in [2.05, 4.69) is 0 Å². The third-order valence-electron chi connectivity index (χ3n) is 6.70. The molecule has 2 atom stereocenters. The minimum absolute atomic E-state index is 0.00271. The fourth-order valence-electron chi connectivity index (χ4n) is 4.76. The lowest BCUT2D eigenvalue weighted by Gasteiger charge is -2.25. The van der Waals surface area contributed by atoms with Gasteiger partial charge in [-0.3, -0.25) is 9.59 Å². The van der Waals surface area contributed by atoms with Crippen molar-refractivity contribution in [3.63, 3.8) is 0 Å². The van der Waals surface area contributed by atoms with Gasteiger partial charge in [-0.2, -0.15) is 0 Å². The first-order chi connectivity index (χ1) is 16.9. The molecule has 0 bridgehead atoms. The Hall–Kier alpha value is -3.80. The standard InChI is InChI=1S/C29H32N2O4/c1-20-10-12-22(13-11-20)28(32)31-18-25(24-16-23(34-3)14-15-27(24)35-4)26(19-31)29(33)30(2)17-21-8-6-5-7-9-21/h5-16,25-26H,17-19H2,1-4H3/t25-,26-/m1/s1. The molecular formula is C29H32N2O4. The lowest BCUT2D eigenvalue weighted by atomic mass is 9.87. The zero-order valence-electron chi connectivity index (χ0n) is 20.7. The molecule has 1 fully saturated rings. The summed E-state index contributed by atoms with van der Waals surface area (Å²) in [6.07, 6.45) is 0. The predicted molar refractivity (Wildman–Crippen MR) is 136 cm³/mol. The van der Waals surface area contributed by atoms with E-state index in [1.54, 1.807) is 24.0 Å². The first-order valence-electron chi connectivity index (χ1n) is 11.8. The van der Waals surface area contributed by atoms with Crippen LogP contribution in [0.25, 0.3) is 0 Å². The molecule has 0 unspecified atom stereocenters. The maximum atomic E-state index is 13.8. The molecule has 0 N–H and O–H groups in total. The summed E-state index contributed by atoms with van der Waals surface area (Å²) in [6, 6.07) is 23.1. The van der Waals surface area contributed by atoms with Crippen LogP contribution in [0.5, 0.6) is 11.5 Å². The molecule has 0 spiro atoms. The lowest BCUT2D eigenvalue weighted by molar-refractivity contribution is -0.134. The Balaban J connectivity index is 1.66. The Kier molecular flexibility index (Phi) is 7.39. The quantitative estimate of drug-likeness (QED) is 0.507. The largest absolute Gasteiger partial charge is 0.497 e. The lowest BCUT2D eigenvalue weighted by Crippen LogP contribution is -2.36. The first-order valence-corrected chi connectivity index (χ1v) is 11.8. The van der Waals surface area contributed by atoms with Gasteiger partial charge in [0.1, 0.15) is 11.5 Å². The Morgan fingerprint density at radius 1 is 0.943 bits per heavy atom. The van der Waals surface area contributed by atoms with E-state index in [9.17, 15) is 9.59 Å². The topological polar surface area (TPSA) is 59.1 Å². The fourth-order valence-corrected chi connectivity index (χ4v) is 4.76. The molecular weight excluding hydrogens is 440 g/mol. The van der Waals surface area contributed by atoms with Crippen molar-refractivity contribution in [2.24, 2.45) is 5.92 Å².